The Kier molecular flexibility index (Phi) is 4.23. The zero-order valence-corrected chi connectivity index (χ0v) is 12.3. The Hall–Kier alpha value is -1.84. The molecule has 2 saturated heterocycles. The van der Waals surface area contributed by atoms with Gasteiger partial charge in [0.2, 0.25) is 11.8 Å². The van der Waals surface area contributed by atoms with Crippen LogP contribution < -0.4 is 5.32 Å². The van der Waals surface area contributed by atoms with Gasteiger partial charge in [-0.3, -0.25) is 9.59 Å². The third kappa shape index (κ3) is 3.26. The van der Waals surface area contributed by atoms with Crippen molar-refractivity contribution in [1.82, 2.24) is 10.2 Å². The Labute approximate surface area is 125 Å². The number of rotatable bonds is 3. The Balaban J connectivity index is 1.69. The van der Waals surface area contributed by atoms with Crippen molar-refractivity contribution in [1.29, 1.82) is 0 Å². The minimum Gasteiger partial charge on any atom is -0.344 e. The van der Waals surface area contributed by atoms with E-state index < -0.39 is 0 Å². The monoisotopic (exact) mass is 286 g/mol. The fourth-order valence-corrected chi connectivity index (χ4v) is 3.39. The molecule has 0 radical (unpaired) electrons. The van der Waals surface area contributed by atoms with Crippen molar-refractivity contribution >= 4 is 11.8 Å². The van der Waals surface area contributed by atoms with E-state index in [4.69, 9.17) is 0 Å². The molecule has 2 atom stereocenters. The summed E-state index contributed by atoms with van der Waals surface area (Å²) in [5, 5.41) is 2.81. The number of likely N-dealkylation sites (tertiary alicyclic amines) is 1. The number of benzene rings is 1. The molecule has 0 spiro atoms. The molecule has 4 heteroatoms. The summed E-state index contributed by atoms with van der Waals surface area (Å²) in [6.45, 7) is 0.822. The molecule has 2 aliphatic heterocycles. The highest BCUT2D eigenvalue weighted by molar-refractivity contribution is 5.91. The maximum atomic E-state index is 12.7. The summed E-state index contributed by atoms with van der Waals surface area (Å²) in [7, 11) is 0. The zero-order valence-electron chi connectivity index (χ0n) is 12.3. The van der Waals surface area contributed by atoms with Gasteiger partial charge in [0, 0.05) is 19.0 Å². The van der Waals surface area contributed by atoms with E-state index in [9.17, 15) is 9.59 Å². The molecule has 2 amide bonds. The van der Waals surface area contributed by atoms with Crippen molar-refractivity contribution in [2.24, 2.45) is 0 Å². The first-order valence-corrected chi connectivity index (χ1v) is 7.88. The van der Waals surface area contributed by atoms with Gasteiger partial charge in [-0.05, 0) is 37.7 Å². The fraction of sp³-hybridized carbons (Fsp3) is 0.529. The number of hydrogen-bond donors (Lipinski definition) is 1. The molecule has 112 valence electrons. The smallest absolute Gasteiger partial charge is 0.245 e. The van der Waals surface area contributed by atoms with E-state index in [2.05, 4.69) is 17.4 Å². The topological polar surface area (TPSA) is 49.4 Å². The van der Waals surface area contributed by atoms with E-state index >= 15 is 0 Å². The number of nitrogens with zero attached hydrogens (tertiary/aromatic N) is 1. The summed E-state index contributed by atoms with van der Waals surface area (Å²) in [4.78, 5) is 26.0. The van der Waals surface area contributed by atoms with Gasteiger partial charge in [0.1, 0.15) is 6.04 Å². The van der Waals surface area contributed by atoms with Crippen LogP contribution >= 0.6 is 0 Å². The third-order valence-corrected chi connectivity index (χ3v) is 4.52. The molecule has 1 aromatic carbocycles. The predicted octanol–water partition coefficient (Wildman–Crippen LogP) is 1.89. The van der Waals surface area contributed by atoms with Crippen molar-refractivity contribution < 1.29 is 9.59 Å². The van der Waals surface area contributed by atoms with E-state index in [0.717, 1.165) is 25.8 Å². The van der Waals surface area contributed by atoms with Crippen molar-refractivity contribution in [2.75, 3.05) is 6.54 Å². The molecular formula is C17H22N2O2. The predicted molar refractivity (Wildman–Crippen MR) is 80.7 cm³/mol. The molecule has 2 fully saturated rings. The van der Waals surface area contributed by atoms with Gasteiger partial charge in [0.15, 0.2) is 0 Å². The summed E-state index contributed by atoms with van der Waals surface area (Å²) in [5.74, 6) is 0.117. The first-order valence-electron chi connectivity index (χ1n) is 7.88. The highest BCUT2D eigenvalue weighted by Gasteiger charge is 2.34. The molecule has 21 heavy (non-hydrogen) atoms. The van der Waals surface area contributed by atoms with Crippen molar-refractivity contribution in [3.8, 4) is 0 Å². The highest BCUT2D eigenvalue weighted by atomic mass is 16.2. The molecule has 0 bridgehead atoms. The molecule has 0 aliphatic carbocycles. The molecule has 1 aromatic rings. The van der Waals surface area contributed by atoms with E-state index in [1.165, 1.54) is 12.0 Å². The number of nitrogens with one attached hydrogen (secondary N) is 1. The van der Waals surface area contributed by atoms with Crippen LogP contribution in [-0.2, 0) is 16.0 Å². The largest absolute Gasteiger partial charge is 0.344 e. The molecule has 0 unspecified atom stereocenters. The SMILES string of the molecule is O=C1CC[C@@H](C(=O)N2CCCC[C@H]2Cc2ccccc2)N1. The second-order valence-electron chi connectivity index (χ2n) is 6.03. The highest BCUT2D eigenvalue weighted by Crippen LogP contribution is 2.23. The van der Waals surface area contributed by atoms with Crippen LogP contribution in [0, 0.1) is 0 Å². The molecule has 2 heterocycles. The Morgan fingerprint density at radius 2 is 2.00 bits per heavy atom. The Bertz CT molecular complexity index is 515. The maximum Gasteiger partial charge on any atom is 0.245 e. The summed E-state index contributed by atoms with van der Waals surface area (Å²) in [6, 6.07) is 10.3. The maximum absolute atomic E-state index is 12.7. The van der Waals surface area contributed by atoms with Gasteiger partial charge in [0.25, 0.3) is 0 Å². The van der Waals surface area contributed by atoms with Crippen LogP contribution in [0.2, 0.25) is 0 Å². The minimum absolute atomic E-state index is 0.00460. The van der Waals surface area contributed by atoms with Crippen LogP contribution in [0.4, 0.5) is 0 Å². The van der Waals surface area contributed by atoms with Crippen molar-refractivity contribution in [3.63, 3.8) is 0 Å². The van der Waals surface area contributed by atoms with E-state index in [-0.39, 0.29) is 23.9 Å². The van der Waals surface area contributed by atoms with Crippen LogP contribution in [0.3, 0.4) is 0 Å². The summed E-state index contributed by atoms with van der Waals surface area (Å²) in [6.07, 6.45) is 5.34. The molecule has 3 rings (SSSR count). The summed E-state index contributed by atoms with van der Waals surface area (Å²) >= 11 is 0. The van der Waals surface area contributed by atoms with E-state index in [1.807, 2.05) is 23.1 Å². The van der Waals surface area contributed by atoms with Crippen LogP contribution in [0.15, 0.2) is 30.3 Å². The normalized spacial score (nSPS) is 25.7. The number of carbonyl (C=O) groups excluding carboxylic acids is 2. The molecule has 2 aliphatic rings. The van der Waals surface area contributed by atoms with Gasteiger partial charge in [-0.25, -0.2) is 0 Å². The lowest BCUT2D eigenvalue weighted by Gasteiger charge is -2.37. The third-order valence-electron chi connectivity index (χ3n) is 4.52. The minimum atomic E-state index is -0.297. The van der Waals surface area contributed by atoms with E-state index in [1.54, 1.807) is 0 Å². The second kappa shape index (κ2) is 6.29. The lowest BCUT2D eigenvalue weighted by atomic mass is 9.94. The van der Waals surface area contributed by atoms with Crippen LogP contribution in [0.25, 0.3) is 0 Å². The molecular weight excluding hydrogens is 264 g/mol. The molecule has 1 N–H and O–H groups in total. The van der Waals surface area contributed by atoms with E-state index in [0.29, 0.717) is 12.8 Å². The number of carbonyl (C=O) groups is 2. The molecule has 0 aromatic heterocycles. The number of piperidine rings is 1. The summed E-state index contributed by atoms with van der Waals surface area (Å²) < 4.78 is 0. The first-order chi connectivity index (χ1) is 10.2. The zero-order chi connectivity index (χ0) is 14.7. The molecule has 4 nitrogen and oxygen atoms in total. The lowest BCUT2D eigenvalue weighted by molar-refractivity contribution is -0.137. The van der Waals surface area contributed by atoms with Crippen LogP contribution in [-0.4, -0.2) is 35.3 Å². The van der Waals surface area contributed by atoms with Crippen molar-refractivity contribution in [2.45, 2.75) is 50.6 Å². The van der Waals surface area contributed by atoms with Gasteiger partial charge in [0.05, 0.1) is 0 Å². The molecule has 0 saturated carbocycles. The number of hydrogen-bond acceptors (Lipinski definition) is 2. The standard InChI is InChI=1S/C17H22N2O2/c20-16-10-9-15(18-16)17(21)19-11-5-4-8-14(19)12-13-6-2-1-3-7-13/h1-3,6-7,14-15H,4-5,8-12H2,(H,18,20)/t14-,15-/m0/s1. The first kappa shape index (κ1) is 14.1. The van der Waals surface area contributed by atoms with Crippen molar-refractivity contribution in [3.05, 3.63) is 35.9 Å². The lowest BCUT2D eigenvalue weighted by Crippen LogP contribution is -2.51. The second-order valence-corrected chi connectivity index (χ2v) is 6.03. The van der Waals surface area contributed by atoms with Gasteiger partial charge in [-0.15, -0.1) is 0 Å². The average molecular weight is 286 g/mol. The fourth-order valence-electron chi connectivity index (χ4n) is 3.39. The quantitative estimate of drug-likeness (QED) is 0.922. The van der Waals surface area contributed by atoms with Crippen LogP contribution in [0.1, 0.15) is 37.7 Å². The van der Waals surface area contributed by atoms with Crippen LogP contribution in [0.5, 0.6) is 0 Å². The van der Waals surface area contributed by atoms with Gasteiger partial charge >= 0.3 is 0 Å². The Morgan fingerprint density at radius 3 is 2.71 bits per heavy atom. The average Bonchev–Trinajstić information content (AvgIpc) is 2.95. The van der Waals surface area contributed by atoms with Gasteiger partial charge in [-0.1, -0.05) is 30.3 Å². The summed E-state index contributed by atoms with van der Waals surface area (Å²) in [5.41, 5.74) is 1.28. The van der Waals surface area contributed by atoms with Gasteiger partial charge in [-0.2, -0.15) is 0 Å². The Morgan fingerprint density at radius 1 is 1.19 bits per heavy atom. The number of amides is 2. The van der Waals surface area contributed by atoms with Gasteiger partial charge < -0.3 is 10.2 Å².